The average Bonchev–Trinajstić information content (AvgIpc) is 2.93. The second kappa shape index (κ2) is 7.25. The van der Waals surface area contributed by atoms with E-state index in [0.717, 1.165) is 6.42 Å². The number of carbonyl (C=O) groups is 1. The van der Waals surface area contributed by atoms with Gasteiger partial charge in [0.1, 0.15) is 11.4 Å². The molecular formula is C15H24N4O3S. The zero-order chi connectivity index (χ0) is 17.0. The highest BCUT2D eigenvalue weighted by Gasteiger charge is 2.30. The minimum absolute atomic E-state index is 0.136. The van der Waals surface area contributed by atoms with Crippen LogP contribution in [-0.4, -0.2) is 59.1 Å². The number of hydrogen-bond donors (Lipinski definition) is 1. The predicted molar refractivity (Wildman–Crippen MR) is 90.2 cm³/mol. The lowest BCUT2D eigenvalue weighted by Gasteiger charge is -2.24. The molecule has 1 N–H and O–H groups in total. The molecule has 8 heteroatoms. The number of thioether (sulfide) groups is 1. The first-order valence-electron chi connectivity index (χ1n) is 7.52. The Balaban J connectivity index is 1.96. The monoisotopic (exact) mass is 340 g/mol. The van der Waals surface area contributed by atoms with Gasteiger partial charge in [0.15, 0.2) is 5.16 Å². The largest absolute Gasteiger partial charge is 0.481 e. The summed E-state index contributed by atoms with van der Waals surface area (Å²) in [5, 5.41) is 3.99. The lowest BCUT2D eigenvalue weighted by Crippen LogP contribution is -2.36. The van der Waals surface area contributed by atoms with E-state index in [-0.39, 0.29) is 12.1 Å². The number of ether oxygens (including phenoxy) is 2. The van der Waals surface area contributed by atoms with Crippen molar-refractivity contribution >= 4 is 23.7 Å². The van der Waals surface area contributed by atoms with Crippen molar-refractivity contribution < 1.29 is 14.3 Å². The Morgan fingerprint density at radius 2 is 2.17 bits per heavy atom. The highest BCUT2D eigenvalue weighted by Crippen LogP contribution is 2.22. The highest BCUT2D eigenvalue weighted by atomic mass is 32.2. The van der Waals surface area contributed by atoms with Crippen molar-refractivity contribution in [2.75, 3.05) is 31.8 Å². The van der Waals surface area contributed by atoms with Crippen LogP contribution in [0.15, 0.2) is 11.2 Å². The van der Waals surface area contributed by atoms with Crippen LogP contribution in [0.25, 0.3) is 0 Å². The third-order valence-corrected chi connectivity index (χ3v) is 3.81. The quantitative estimate of drug-likeness (QED) is 0.667. The van der Waals surface area contributed by atoms with Gasteiger partial charge in [0.05, 0.1) is 7.11 Å². The maximum Gasteiger partial charge on any atom is 0.410 e. The fraction of sp³-hybridized carbons (Fsp3) is 0.667. The second-order valence-corrected chi connectivity index (χ2v) is 7.11. The molecule has 0 bridgehead atoms. The lowest BCUT2D eigenvalue weighted by molar-refractivity contribution is 0.0293. The molecule has 2 heterocycles. The SMILES string of the molecule is COc1cc(NC2CCN(C(=O)OC(C)(C)C)C2)nc(SC)n1. The maximum atomic E-state index is 12.1. The van der Waals surface area contributed by atoms with Gasteiger partial charge in [-0.25, -0.2) is 9.78 Å². The van der Waals surface area contributed by atoms with Crippen LogP contribution in [-0.2, 0) is 4.74 Å². The number of methoxy groups -OCH3 is 1. The topological polar surface area (TPSA) is 76.6 Å². The molecule has 0 radical (unpaired) electrons. The van der Waals surface area contributed by atoms with Gasteiger partial charge >= 0.3 is 6.09 Å². The van der Waals surface area contributed by atoms with Crippen LogP contribution in [0.3, 0.4) is 0 Å². The van der Waals surface area contributed by atoms with E-state index < -0.39 is 5.60 Å². The summed E-state index contributed by atoms with van der Waals surface area (Å²) in [7, 11) is 1.58. The van der Waals surface area contributed by atoms with Crippen molar-refractivity contribution in [2.24, 2.45) is 0 Å². The van der Waals surface area contributed by atoms with E-state index in [9.17, 15) is 4.79 Å². The molecule has 1 atom stereocenters. The third kappa shape index (κ3) is 5.16. The highest BCUT2D eigenvalue weighted by molar-refractivity contribution is 7.98. The molecular weight excluding hydrogens is 316 g/mol. The van der Waals surface area contributed by atoms with Crippen molar-refractivity contribution in [2.45, 2.75) is 44.0 Å². The van der Waals surface area contributed by atoms with Gasteiger partial charge in [0.25, 0.3) is 0 Å². The molecule has 0 aliphatic carbocycles. The van der Waals surface area contributed by atoms with Crippen LogP contribution in [0.2, 0.25) is 0 Å². The van der Waals surface area contributed by atoms with Gasteiger partial charge in [-0.2, -0.15) is 4.98 Å². The van der Waals surface area contributed by atoms with E-state index in [1.807, 2.05) is 27.0 Å². The molecule has 0 saturated carbocycles. The molecule has 1 aliphatic rings. The summed E-state index contributed by atoms with van der Waals surface area (Å²) < 4.78 is 10.6. The number of aromatic nitrogens is 2. The van der Waals surface area contributed by atoms with Crippen molar-refractivity contribution in [3.05, 3.63) is 6.07 Å². The van der Waals surface area contributed by atoms with Crippen LogP contribution < -0.4 is 10.1 Å². The smallest absolute Gasteiger partial charge is 0.410 e. The van der Waals surface area contributed by atoms with Gasteiger partial charge in [-0.05, 0) is 33.4 Å². The minimum atomic E-state index is -0.476. The van der Waals surface area contributed by atoms with Crippen molar-refractivity contribution in [1.29, 1.82) is 0 Å². The number of nitrogens with zero attached hydrogens (tertiary/aromatic N) is 3. The molecule has 0 aromatic carbocycles. The summed E-state index contributed by atoms with van der Waals surface area (Å²) in [6.07, 6.45) is 2.49. The third-order valence-electron chi connectivity index (χ3n) is 3.27. The molecule has 1 unspecified atom stereocenters. The Labute approximate surface area is 141 Å². The number of likely N-dealkylation sites (tertiary alicyclic amines) is 1. The number of hydrogen-bond acceptors (Lipinski definition) is 7. The van der Waals surface area contributed by atoms with E-state index in [0.29, 0.717) is 29.9 Å². The Kier molecular flexibility index (Phi) is 5.56. The molecule has 1 aromatic rings. The van der Waals surface area contributed by atoms with E-state index in [4.69, 9.17) is 9.47 Å². The number of nitrogens with one attached hydrogen (secondary N) is 1. The maximum absolute atomic E-state index is 12.1. The van der Waals surface area contributed by atoms with Crippen molar-refractivity contribution in [3.8, 4) is 5.88 Å². The van der Waals surface area contributed by atoms with Gasteiger partial charge in [-0.1, -0.05) is 11.8 Å². The first-order valence-corrected chi connectivity index (χ1v) is 8.74. The first-order chi connectivity index (χ1) is 10.8. The number of amides is 1. The summed E-state index contributed by atoms with van der Waals surface area (Å²) in [6, 6.07) is 1.90. The zero-order valence-electron chi connectivity index (χ0n) is 14.3. The summed E-state index contributed by atoms with van der Waals surface area (Å²) in [5.74, 6) is 1.23. The van der Waals surface area contributed by atoms with Crippen molar-refractivity contribution in [1.82, 2.24) is 14.9 Å². The van der Waals surface area contributed by atoms with E-state index in [2.05, 4.69) is 15.3 Å². The zero-order valence-corrected chi connectivity index (χ0v) is 15.1. The molecule has 1 amide bonds. The molecule has 0 spiro atoms. The fourth-order valence-electron chi connectivity index (χ4n) is 2.25. The van der Waals surface area contributed by atoms with Gasteiger partial charge in [0.2, 0.25) is 5.88 Å². The van der Waals surface area contributed by atoms with Crippen LogP contribution in [0, 0.1) is 0 Å². The van der Waals surface area contributed by atoms with Gasteiger partial charge in [-0.15, -0.1) is 0 Å². The average molecular weight is 340 g/mol. The normalized spacial score (nSPS) is 18.0. The fourth-order valence-corrected chi connectivity index (χ4v) is 2.62. The predicted octanol–water partition coefficient (Wildman–Crippen LogP) is 2.63. The summed E-state index contributed by atoms with van der Waals surface area (Å²) in [5.41, 5.74) is -0.476. The van der Waals surface area contributed by atoms with E-state index in [1.54, 1.807) is 18.1 Å². The van der Waals surface area contributed by atoms with E-state index >= 15 is 0 Å². The molecule has 2 rings (SSSR count). The van der Waals surface area contributed by atoms with Crippen LogP contribution in [0.5, 0.6) is 5.88 Å². The Morgan fingerprint density at radius 3 is 2.78 bits per heavy atom. The molecule has 23 heavy (non-hydrogen) atoms. The molecule has 1 aliphatic heterocycles. The summed E-state index contributed by atoms with van der Waals surface area (Å²) in [4.78, 5) is 22.5. The Bertz CT molecular complexity index is 540. The molecule has 1 fully saturated rings. The Morgan fingerprint density at radius 1 is 1.43 bits per heavy atom. The van der Waals surface area contributed by atoms with Gasteiger partial charge < -0.3 is 19.7 Å². The molecule has 7 nitrogen and oxygen atoms in total. The summed E-state index contributed by atoms with van der Waals surface area (Å²) in [6.45, 7) is 6.87. The number of anilines is 1. The standard InChI is InChI=1S/C15H24N4O3S/c1-15(2,3)22-14(20)19-7-6-10(9-19)16-11-8-12(21-4)18-13(17-11)23-5/h8,10H,6-7,9H2,1-5H3,(H,16,17,18). The lowest BCUT2D eigenvalue weighted by atomic mass is 10.2. The van der Waals surface area contributed by atoms with E-state index in [1.165, 1.54) is 11.8 Å². The first kappa shape index (κ1) is 17.7. The summed E-state index contributed by atoms with van der Waals surface area (Å²) >= 11 is 1.46. The number of rotatable bonds is 4. The molecule has 1 aromatic heterocycles. The van der Waals surface area contributed by atoms with Gasteiger partial charge in [0, 0.05) is 25.2 Å². The van der Waals surface area contributed by atoms with Crippen LogP contribution >= 0.6 is 11.8 Å². The van der Waals surface area contributed by atoms with Crippen LogP contribution in [0.4, 0.5) is 10.6 Å². The van der Waals surface area contributed by atoms with Gasteiger partial charge in [-0.3, -0.25) is 0 Å². The molecule has 1 saturated heterocycles. The molecule has 128 valence electrons. The minimum Gasteiger partial charge on any atom is -0.481 e. The van der Waals surface area contributed by atoms with Crippen molar-refractivity contribution in [3.63, 3.8) is 0 Å². The second-order valence-electron chi connectivity index (χ2n) is 6.34. The number of carbonyl (C=O) groups excluding carboxylic acids is 1. The Hall–Kier alpha value is -1.70. The van der Waals surface area contributed by atoms with Crippen LogP contribution in [0.1, 0.15) is 27.2 Å².